The molecule has 5 rings (SSSR count). The number of anilines is 1. The van der Waals surface area contributed by atoms with Crippen molar-refractivity contribution in [1.82, 2.24) is 24.8 Å². The Hall–Kier alpha value is -4.47. The molecule has 38 heavy (non-hydrogen) atoms. The molecule has 10 nitrogen and oxygen atoms in total. The number of nitrogens with one attached hydrogen (secondary N) is 3. The Morgan fingerprint density at radius 3 is 2.63 bits per heavy atom. The van der Waals surface area contributed by atoms with Gasteiger partial charge in [0.25, 0.3) is 5.56 Å². The summed E-state index contributed by atoms with van der Waals surface area (Å²) >= 11 is 0. The number of fused-ring (bicyclic) bond motifs is 1. The molecule has 1 aliphatic rings. The maximum Gasteiger partial charge on any atom is 0.319 e. The number of urea groups is 1. The van der Waals surface area contributed by atoms with E-state index in [0.717, 1.165) is 23.7 Å². The van der Waals surface area contributed by atoms with Crippen molar-refractivity contribution < 1.29 is 9.59 Å². The highest BCUT2D eigenvalue weighted by molar-refractivity contribution is 5.89. The first-order valence-corrected chi connectivity index (χ1v) is 12.9. The molecular weight excluding hydrogens is 482 g/mol. The lowest BCUT2D eigenvalue weighted by Gasteiger charge is -2.22. The molecule has 1 atom stereocenters. The third-order valence-corrected chi connectivity index (χ3v) is 7.08. The van der Waals surface area contributed by atoms with Crippen molar-refractivity contribution in [2.45, 2.75) is 44.6 Å². The van der Waals surface area contributed by atoms with Gasteiger partial charge in [0.1, 0.15) is 17.6 Å². The van der Waals surface area contributed by atoms with Gasteiger partial charge in [0.05, 0.1) is 6.20 Å². The Labute approximate surface area is 219 Å². The van der Waals surface area contributed by atoms with Crippen molar-refractivity contribution in [2.24, 2.45) is 11.7 Å². The first-order valence-electron chi connectivity index (χ1n) is 12.9. The van der Waals surface area contributed by atoms with Crippen LogP contribution in [0, 0.1) is 5.92 Å². The Morgan fingerprint density at radius 1 is 1.11 bits per heavy atom. The molecule has 1 aliphatic carbocycles. The van der Waals surface area contributed by atoms with Crippen LogP contribution in [-0.4, -0.2) is 38.0 Å². The Balaban J connectivity index is 1.47. The van der Waals surface area contributed by atoms with E-state index >= 15 is 0 Å². The average Bonchev–Trinajstić information content (AvgIpc) is 3.35. The van der Waals surface area contributed by atoms with E-state index in [1.165, 1.54) is 30.0 Å². The summed E-state index contributed by atoms with van der Waals surface area (Å²) in [5, 5.41) is 6.39. The molecule has 0 aliphatic heterocycles. The number of hydrogen-bond donors (Lipinski definition) is 4. The molecule has 1 saturated carbocycles. The van der Waals surface area contributed by atoms with Crippen LogP contribution < -0.4 is 21.9 Å². The van der Waals surface area contributed by atoms with Crippen molar-refractivity contribution in [1.29, 1.82) is 0 Å². The van der Waals surface area contributed by atoms with Crippen LogP contribution in [-0.2, 0) is 11.2 Å². The van der Waals surface area contributed by atoms with Crippen LogP contribution in [0.3, 0.4) is 0 Å². The zero-order valence-electron chi connectivity index (χ0n) is 21.0. The van der Waals surface area contributed by atoms with E-state index in [9.17, 15) is 14.4 Å². The molecule has 3 heterocycles. The van der Waals surface area contributed by atoms with Gasteiger partial charge in [-0.2, -0.15) is 0 Å². The molecule has 196 valence electrons. The third kappa shape index (κ3) is 5.59. The summed E-state index contributed by atoms with van der Waals surface area (Å²) in [6.07, 6.45) is 10.6. The summed E-state index contributed by atoms with van der Waals surface area (Å²) in [5.41, 5.74) is 7.48. The summed E-state index contributed by atoms with van der Waals surface area (Å²) in [6, 6.07) is 11.3. The van der Waals surface area contributed by atoms with Gasteiger partial charge < -0.3 is 21.4 Å². The van der Waals surface area contributed by atoms with Gasteiger partial charge in [-0.25, -0.2) is 9.78 Å². The number of carbonyl (C=O) groups is 2. The van der Waals surface area contributed by atoms with Crippen molar-refractivity contribution in [3.8, 4) is 11.4 Å². The number of nitrogens with zero attached hydrogens (tertiary/aromatic N) is 3. The lowest BCUT2D eigenvalue weighted by Crippen LogP contribution is -2.40. The third-order valence-electron chi connectivity index (χ3n) is 7.08. The smallest absolute Gasteiger partial charge is 0.319 e. The van der Waals surface area contributed by atoms with Crippen molar-refractivity contribution in [3.05, 3.63) is 77.1 Å². The number of aromatic nitrogens is 4. The average molecular weight is 514 g/mol. The maximum atomic E-state index is 13.8. The Morgan fingerprint density at radius 2 is 1.89 bits per heavy atom. The predicted molar refractivity (Wildman–Crippen MR) is 146 cm³/mol. The van der Waals surface area contributed by atoms with Crippen molar-refractivity contribution >= 4 is 28.5 Å². The van der Waals surface area contributed by atoms with Crippen LogP contribution >= 0.6 is 0 Å². The fourth-order valence-corrected chi connectivity index (χ4v) is 5.11. The summed E-state index contributed by atoms with van der Waals surface area (Å²) in [5.74, 6) is 0.0302. The van der Waals surface area contributed by atoms with Gasteiger partial charge in [-0.15, -0.1) is 0 Å². The number of pyridine rings is 1. The van der Waals surface area contributed by atoms with Crippen LogP contribution in [0.25, 0.3) is 22.3 Å². The second kappa shape index (κ2) is 11.3. The highest BCUT2D eigenvalue weighted by atomic mass is 16.2. The number of rotatable bonds is 8. The molecule has 1 fully saturated rings. The normalized spacial score (nSPS) is 14.7. The monoisotopic (exact) mass is 513 g/mol. The summed E-state index contributed by atoms with van der Waals surface area (Å²) < 4.78 is 1.28. The molecule has 3 aromatic heterocycles. The molecule has 0 bridgehead atoms. The van der Waals surface area contributed by atoms with Gasteiger partial charge in [-0.05, 0) is 30.9 Å². The molecule has 0 spiro atoms. The van der Waals surface area contributed by atoms with E-state index in [1.54, 1.807) is 24.5 Å². The predicted octanol–water partition coefficient (Wildman–Crippen LogP) is 3.76. The summed E-state index contributed by atoms with van der Waals surface area (Å²) in [4.78, 5) is 51.1. The summed E-state index contributed by atoms with van der Waals surface area (Å²) in [6.45, 7) is 0.550. The van der Waals surface area contributed by atoms with Crippen LogP contribution in [0.1, 0.15) is 43.8 Å². The molecular formula is C28H31N7O3. The number of aromatic amines is 1. The van der Waals surface area contributed by atoms with E-state index in [4.69, 9.17) is 5.73 Å². The number of primary amides is 1. The molecule has 4 aromatic rings. The molecule has 0 saturated heterocycles. The molecule has 1 unspecified atom stereocenters. The van der Waals surface area contributed by atoms with Gasteiger partial charge >= 0.3 is 6.03 Å². The van der Waals surface area contributed by atoms with Crippen molar-refractivity contribution in [3.63, 3.8) is 0 Å². The standard InChI is InChI=1S/C28H31N7O3/c29-25(36)24(14-21-13-20-16-30-12-11-22(20)33-21)35-26(19-9-5-2-6-10-19)31-17-23(27(35)37)34-28(38)32-15-18-7-3-1-4-8-18/h2,5-6,9-13,16-18,24,33H,1,3-4,7-8,14-15H2,(H2,29,36)(H2,32,34,38). The lowest BCUT2D eigenvalue weighted by atomic mass is 9.89. The molecule has 1 aromatic carbocycles. The zero-order valence-corrected chi connectivity index (χ0v) is 21.0. The maximum absolute atomic E-state index is 13.8. The van der Waals surface area contributed by atoms with E-state index in [-0.39, 0.29) is 17.9 Å². The van der Waals surface area contributed by atoms with E-state index in [1.807, 2.05) is 30.3 Å². The Kier molecular flexibility index (Phi) is 7.48. The molecule has 10 heteroatoms. The van der Waals surface area contributed by atoms with Gasteiger partial charge in [0.2, 0.25) is 5.91 Å². The largest absolute Gasteiger partial charge is 0.368 e. The number of H-pyrrole nitrogens is 1. The van der Waals surface area contributed by atoms with Crippen LogP contribution in [0.5, 0.6) is 0 Å². The minimum Gasteiger partial charge on any atom is -0.368 e. The highest BCUT2D eigenvalue weighted by Crippen LogP contribution is 2.25. The number of benzene rings is 1. The minimum absolute atomic E-state index is 0.0297. The second-order valence-electron chi connectivity index (χ2n) is 9.76. The van der Waals surface area contributed by atoms with Crippen LogP contribution in [0.2, 0.25) is 0 Å². The fourth-order valence-electron chi connectivity index (χ4n) is 5.11. The minimum atomic E-state index is -1.06. The molecule has 3 amide bonds. The van der Waals surface area contributed by atoms with Crippen molar-refractivity contribution in [2.75, 3.05) is 11.9 Å². The first kappa shape index (κ1) is 25.2. The quantitative estimate of drug-likeness (QED) is 0.283. The van der Waals surface area contributed by atoms with E-state index in [0.29, 0.717) is 23.7 Å². The number of amides is 3. The van der Waals surface area contributed by atoms with Gasteiger partial charge in [-0.3, -0.25) is 19.1 Å². The second-order valence-corrected chi connectivity index (χ2v) is 9.76. The van der Waals surface area contributed by atoms with Gasteiger partial charge in [-0.1, -0.05) is 49.6 Å². The number of nitrogens with two attached hydrogens (primary N) is 1. The van der Waals surface area contributed by atoms with Gasteiger partial charge in [0.15, 0.2) is 0 Å². The lowest BCUT2D eigenvalue weighted by molar-refractivity contribution is -0.121. The first-order chi connectivity index (χ1) is 18.5. The number of carbonyl (C=O) groups excluding carboxylic acids is 2. The molecule has 5 N–H and O–H groups in total. The fraction of sp³-hybridized carbons (Fsp3) is 0.321. The Bertz CT molecular complexity index is 1460. The number of hydrogen-bond acceptors (Lipinski definition) is 5. The zero-order chi connectivity index (χ0) is 26.5. The van der Waals surface area contributed by atoms with E-state index in [2.05, 4.69) is 25.6 Å². The van der Waals surface area contributed by atoms with Crippen LogP contribution in [0.4, 0.5) is 10.5 Å². The summed E-state index contributed by atoms with van der Waals surface area (Å²) in [7, 11) is 0. The van der Waals surface area contributed by atoms with Gasteiger partial charge in [0, 0.05) is 47.5 Å². The molecule has 0 radical (unpaired) electrons. The van der Waals surface area contributed by atoms with Crippen LogP contribution in [0.15, 0.2) is 65.8 Å². The SMILES string of the molecule is NC(=O)C(Cc1cc2cnccc2[nH]1)n1c(-c2ccccc2)ncc(NC(=O)NCC2CCCCC2)c1=O. The highest BCUT2D eigenvalue weighted by Gasteiger charge is 2.26. The topological polar surface area (TPSA) is 148 Å². The van der Waals surface area contributed by atoms with E-state index < -0.39 is 23.5 Å².